The van der Waals surface area contributed by atoms with Gasteiger partial charge in [-0.25, -0.2) is 9.78 Å². The standard InChI is InChI=1S/C9H11N3O3/c13-8-7(10-3-4-11-8)12-6(9(14)15)5-1-2-5/h3-6H,1-2H2,(H,10,12)(H,11,13)(H,14,15). The predicted molar refractivity (Wildman–Crippen MR) is 52.6 cm³/mol. The molecule has 1 unspecified atom stereocenters. The van der Waals surface area contributed by atoms with Crippen molar-refractivity contribution >= 4 is 11.8 Å². The summed E-state index contributed by atoms with van der Waals surface area (Å²) in [5.74, 6) is -0.761. The predicted octanol–water partition coefficient (Wildman–Crippen LogP) is 0.0450. The first-order valence-electron chi connectivity index (χ1n) is 4.71. The topological polar surface area (TPSA) is 95.1 Å². The lowest BCUT2D eigenvalue weighted by Crippen LogP contribution is -2.34. The fraction of sp³-hybridized carbons (Fsp3) is 0.444. The number of nitrogens with zero attached hydrogens (tertiary/aromatic N) is 1. The molecule has 1 heterocycles. The van der Waals surface area contributed by atoms with Crippen molar-refractivity contribution in [3.63, 3.8) is 0 Å². The lowest BCUT2D eigenvalue weighted by atomic mass is 10.2. The van der Waals surface area contributed by atoms with Gasteiger partial charge in [-0.15, -0.1) is 0 Å². The number of aromatic amines is 1. The number of rotatable bonds is 4. The molecular weight excluding hydrogens is 198 g/mol. The van der Waals surface area contributed by atoms with E-state index in [4.69, 9.17) is 5.11 Å². The van der Waals surface area contributed by atoms with Crippen molar-refractivity contribution in [1.29, 1.82) is 0 Å². The zero-order valence-electron chi connectivity index (χ0n) is 7.93. The van der Waals surface area contributed by atoms with Gasteiger partial charge >= 0.3 is 5.97 Å². The van der Waals surface area contributed by atoms with Gasteiger partial charge in [0.15, 0.2) is 5.82 Å². The van der Waals surface area contributed by atoms with Gasteiger partial charge in [0.25, 0.3) is 5.56 Å². The molecule has 6 heteroatoms. The van der Waals surface area contributed by atoms with Crippen LogP contribution in [-0.2, 0) is 4.79 Å². The molecule has 15 heavy (non-hydrogen) atoms. The van der Waals surface area contributed by atoms with Crippen molar-refractivity contribution in [2.24, 2.45) is 5.92 Å². The monoisotopic (exact) mass is 209 g/mol. The van der Waals surface area contributed by atoms with Crippen LogP contribution in [0.3, 0.4) is 0 Å². The molecule has 1 fully saturated rings. The highest BCUT2D eigenvalue weighted by Crippen LogP contribution is 2.33. The first-order valence-corrected chi connectivity index (χ1v) is 4.71. The van der Waals surface area contributed by atoms with Gasteiger partial charge in [-0.2, -0.15) is 0 Å². The molecule has 0 aromatic carbocycles. The van der Waals surface area contributed by atoms with Gasteiger partial charge in [0.2, 0.25) is 0 Å². The minimum atomic E-state index is -0.942. The number of aromatic nitrogens is 2. The van der Waals surface area contributed by atoms with E-state index in [0.717, 1.165) is 12.8 Å². The largest absolute Gasteiger partial charge is 0.480 e. The van der Waals surface area contributed by atoms with Crippen LogP contribution in [0.2, 0.25) is 0 Å². The Labute approximate surface area is 85.4 Å². The van der Waals surface area contributed by atoms with E-state index in [0.29, 0.717) is 0 Å². The third kappa shape index (κ3) is 2.15. The maximum Gasteiger partial charge on any atom is 0.326 e. The molecule has 3 N–H and O–H groups in total. The zero-order chi connectivity index (χ0) is 10.8. The van der Waals surface area contributed by atoms with Gasteiger partial charge in [-0.05, 0) is 18.8 Å². The minimum Gasteiger partial charge on any atom is -0.480 e. The fourth-order valence-corrected chi connectivity index (χ4v) is 1.41. The molecule has 0 radical (unpaired) electrons. The molecule has 0 spiro atoms. The third-order valence-electron chi connectivity index (χ3n) is 2.36. The number of aliphatic carboxylic acids is 1. The smallest absolute Gasteiger partial charge is 0.326 e. The Bertz CT molecular complexity index is 425. The van der Waals surface area contributed by atoms with Crippen molar-refractivity contribution < 1.29 is 9.90 Å². The SMILES string of the molecule is O=C(O)C(Nc1ncc[nH]c1=O)C1CC1. The van der Waals surface area contributed by atoms with Crippen LogP contribution in [0.15, 0.2) is 17.2 Å². The molecule has 1 aromatic rings. The third-order valence-corrected chi connectivity index (χ3v) is 2.36. The molecule has 80 valence electrons. The summed E-state index contributed by atoms with van der Waals surface area (Å²) < 4.78 is 0. The first kappa shape index (κ1) is 9.70. The molecule has 0 aliphatic heterocycles. The van der Waals surface area contributed by atoms with E-state index >= 15 is 0 Å². The zero-order valence-corrected chi connectivity index (χ0v) is 7.93. The Morgan fingerprint density at radius 1 is 1.67 bits per heavy atom. The number of anilines is 1. The molecule has 1 saturated carbocycles. The highest BCUT2D eigenvalue weighted by atomic mass is 16.4. The molecule has 1 aliphatic rings. The minimum absolute atomic E-state index is 0.0665. The van der Waals surface area contributed by atoms with Crippen LogP contribution in [0.4, 0.5) is 5.82 Å². The Hall–Kier alpha value is -1.85. The maximum absolute atomic E-state index is 11.2. The summed E-state index contributed by atoms with van der Waals surface area (Å²) in [7, 11) is 0. The van der Waals surface area contributed by atoms with E-state index in [9.17, 15) is 9.59 Å². The van der Waals surface area contributed by atoms with E-state index in [2.05, 4.69) is 15.3 Å². The summed E-state index contributed by atoms with van der Waals surface area (Å²) in [5, 5.41) is 11.6. The number of hydrogen-bond acceptors (Lipinski definition) is 4. The van der Waals surface area contributed by atoms with E-state index in [1.807, 2.05) is 0 Å². The van der Waals surface area contributed by atoms with Gasteiger partial charge in [0, 0.05) is 12.4 Å². The van der Waals surface area contributed by atoms with Crippen LogP contribution < -0.4 is 10.9 Å². The van der Waals surface area contributed by atoms with Gasteiger partial charge in [0.05, 0.1) is 0 Å². The van der Waals surface area contributed by atoms with Crippen molar-refractivity contribution in [3.05, 3.63) is 22.7 Å². The van der Waals surface area contributed by atoms with Crippen LogP contribution in [0.25, 0.3) is 0 Å². The Balaban J connectivity index is 2.16. The van der Waals surface area contributed by atoms with E-state index in [1.165, 1.54) is 12.4 Å². The normalized spacial score (nSPS) is 17.1. The Morgan fingerprint density at radius 2 is 2.40 bits per heavy atom. The summed E-state index contributed by atoms with van der Waals surface area (Å²) in [6, 6.07) is -0.707. The lowest BCUT2D eigenvalue weighted by molar-refractivity contribution is -0.138. The molecular formula is C9H11N3O3. The number of carboxylic acid groups (broad SMARTS) is 1. The fourth-order valence-electron chi connectivity index (χ4n) is 1.41. The number of nitrogens with one attached hydrogen (secondary N) is 2. The quantitative estimate of drug-likeness (QED) is 0.651. The maximum atomic E-state index is 11.2. The number of carboxylic acids is 1. The summed E-state index contributed by atoms with van der Waals surface area (Å²) in [6.07, 6.45) is 4.58. The van der Waals surface area contributed by atoms with Crippen LogP contribution in [0.5, 0.6) is 0 Å². The van der Waals surface area contributed by atoms with Crippen molar-refractivity contribution in [1.82, 2.24) is 9.97 Å². The Kier molecular flexibility index (Phi) is 2.40. The van der Waals surface area contributed by atoms with Crippen LogP contribution >= 0.6 is 0 Å². The highest BCUT2D eigenvalue weighted by Gasteiger charge is 2.36. The van der Waals surface area contributed by atoms with Crippen molar-refractivity contribution in [2.45, 2.75) is 18.9 Å². The second kappa shape index (κ2) is 3.72. The summed E-state index contributed by atoms with van der Waals surface area (Å²) in [4.78, 5) is 28.4. The molecule has 1 aliphatic carbocycles. The van der Waals surface area contributed by atoms with Crippen molar-refractivity contribution in [2.75, 3.05) is 5.32 Å². The van der Waals surface area contributed by atoms with Gasteiger partial charge in [-0.1, -0.05) is 0 Å². The van der Waals surface area contributed by atoms with E-state index < -0.39 is 17.6 Å². The molecule has 1 aromatic heterocycles. The van der Waals surface area contributed by atoms with E-state index in [1.54, 1.807) is 0 Å². The molecule has 0 bridgehead atoms. The van der Waals surface area contributed by atoms with E-state index in [-0.39, 0.29) is 11.7 Å². The second-order valence-electron chi connectivity index (χ2n) is 3.56. The average Bonchev–Trinajstić information content (AvgIpc) is 2.99. The summed E-state index contributed by atoms with van der Waals surface area (Å²) in [5.41, 5.74) is -0.399. The molecule has 6 nitrogen and oxygen atoms in total. The van der Waals surface area contributed by atoms with Gasteiger partial charge in [-0.3, -0.25) is 4.79 Å². The first-order chi connectivity index (χ1) is 7.18. The van der Waals surface area contributed by atoms with Gasteiger partial charge < -0.3 is 15.4 Å². The summed E-state index contributed by atoms with van der Waals surface area (Å²) in [6.45, 7) is 0. The van der Waals surface area contributed by atoms with Gasteiger partial charge in [0.1, 0.15) is 6.04 Å². The average molecular weight is 209 g/mol. The van der Waals surface area contributed by atoms with Crippen molar-refractivity contribution in [3.8, 4) is 0 Å². The second-order valence-corrected chi connectivity index (χ2v) is 3.56. The molecule has 2 rings (SSSR count). The lowest BCUT2D eigenvalue weighted by Gasteiger charge is -2.12. The highest BCUT2D eigenvalue weighted by molar-refractivity contribution is 5.77. The van der Waals surface area contributed by atoms with Crippen LogP contribution in [-0.4, -0.2) is 27.1 Å². The Morgan fingerprint density at radius 3 is 2.93 bits per heavy atom. The number of H-pyrrole nitrogens is 1. The molecule has 0 saturated heterocycles. The van der Waals surface area contributed by atoms with Crippen LogP contribution in [0.1, 0.15) is 12.8 Å². The number of carbonyl (C=O) groups is 1. The number of hydrogen-bond donors (Lipinski definition) is 3. The van der Waals surface area contributed by atoms with Crippen LogP contribution in [0, 0.1) is 5.92 Å². The summed E-state index contributed by atoms with van der Waals surface area (Å²) >= 11 is 0. The molecule has 0 amide bonds. The molecule has 1 atom stereocenters.